The summed E-state index contributed by atoms with van der Waals surface area (Å²) in [5, 5.41) is 7.02. The molecule has 110 valence electrons. The monoisotopic (exact) mass is 284 g/mol. The van der Waals surface area contributed by atoms with E-state index < -0.39 is 0 Å². The van der Waals surface area contributed by atoms with Gasteiger partial charge in [0.2, 0.25) is 0 Å². The Balaban J connectivity index is 1.50. The van der Waals surface area contributed by atoms with Gasteiger partial charge >= 0.3 is 0 Å². The number of aryl methyl sites for hydroxylation is 1. The van der Waals surface area contributed by atoms with Gasteiger partial charge in [-0.05, 0) is 24.5 Å². The Kier molecular flexibility index (Phi) is 3.90. The highest BCUT2D eigenvalue weighted by atomic mass is 16.1. The lowest BCUT2D eigenvalue weighted by Crippen LogP contribution is -2.30. The van der Waals surface area contributed by atoms with Crippen molar-refractivity contribution in [1.29, 1.82) is 0 Å². The van der Waals surface area contributed by atoms with Crippen LogP contribution in [-0.2, 0) is 7.05 Å². The predicted octanol–water partition coefficient (Wildman–Crippen LogP) is 1.68. The summed E-state index contributed by atoms with van der Waals surface area (Å²) in [7, 11) is 1.81. The first-order valence-electron chi connectivity index (χ1n) is 7.29. The first-order chi connectivity index (χ1) is 10.2. The molecule has 1 aliphatic rings. The maximum Gasteiger partial charge on any atom is 0.254 e. The van der Waals surface area contributed by atoms with Gasteiger partial charge in [-0.25, -0.2) is 0 Å². The number of aromatic nitrogens is 2. The Bertz CT molecular complexity index is 608. The van der Waals surface area contributed by atoms with Crippen molar-refractivity contribution in [2.45, 2.75) is 6.42 Å². The van der Waals surface area contributed by atoms with E-state index in [1.54, 1.807) is 17.1 Å². The summed E-state index contributed by atoms with van der Waals surface area (Å²) >= 11 is 0. The van der Waals surface area contributed by atoms with E-state index in [0.717, 1.165) is 26.1 Å². The van der Waals surface area contributed by atoms with Crippen molar-refractivity contribution in [3.63, 3.8) is 0 Å². The molecule has 5 heteroatoms. The molecule has 1 fully saturated rings. The quantitative estimate of drug-likeness (QED) is 0.929. The van der Waals surface area contributed by atoms with Crippen molar-refractivity contribution in [1.82, 2.24) is 15.1 Å². The van der Waals surface area contributed by atoms with Crippen LogP contribution in [-0.4, -0.2) is 35.3 Å². The van der Waals surface area contributed by atoms with Gasteiger partial charge in [-0.2, -0.15) is 5.10 Å². The number of rotatable bonds is 4. The van der Waals surface area contributed by atoms with Crippen LogP contribution in [0.3, 0.4) is 0 Å². The molecule has 2 aromatic rings. The molecule has 21 heavy (non-hydrogen) atoms. The fourth-order valence-electron chi connectivity index (χ4n) is 2.75. The van der Waals surface area contributed by atoms with Crippen LogP contribution in [0.4, 0.5) is 5.69 Å². The van der Waals surface area contributed by atoms with E-state index in [9.17, 15) is 4.79 Å². The molecule has 0 radical (unpaired) electrons. The molecule has 1 aliphatic heterocycles. The highest BCUT2D eigenvalue weighted by molar-refractivity contribution is 5.93. The van der Waals surface area contributed by atoms with Crippen LogP contribution in [0.2, 0.25) is 0 Å². The third-order valence-corrected chi connectivity index (χ3v) is 3.93. The molecule has 0 saturated carbocycles. The molecule has 0 aliphatic carbocycles. The van der Waals surface area contributed by atoms with Crippen LogP contribution in [0, 0.1) is 5.92 Å². The molecular weight excluding hydrogens is 264 g/mol. The molecule has 5 nitrogen and oxygen atoms in total. The molecule has 1 aromatic heterocycles. The number of hydrogen-bond acceptors (Lipinski definition) is 3. The van der Waals surface area contributed by atoms with Gasteiger partial charge in [0.25, 0.3) is 5.91 Å². The number of amides is 1. The summed E-state index contributed by atoms with van der Waals surface area (Å²) < 4.78 is 1.64. The van der Waals surface area contributed by atoms with E-state index in [1.165, 1.54) is 5.69 Å². The maximum atomic E-state index is 12.0. The van der Waals surface area contributed by atoms with E-state index >= 15 is 0 Å². The summed E-state index contributed by atoms with van der Waals surface area (Å²) in [4.78, 5) is 14.4. The number of para-hydroxylation sites is 1. The molecule has 3 rings (SSSR count). The highest BCUT2D eigenvalue weighted by Crippen LogP contribution is 2.22. The largest absolute Gasteiger partial charge is 0.371 e. The Morgan fingerprint density at radius 1 is 1.38 bits per heavy atom. The molecule has 1 atom stereocenters. The lowest BCUT2D eigenvalue weighted by atomic mass is 10.1. The van der Waals surface area contributed by atoms with Crippen LogP contribution in [0.25, 0.3) is 0 Å². The maximum absolute atomic E-state index is 12.0. The minimum atomic E-state index is -0.0405. The van der Waals surface area contributed by atoms with Crippen molar-refractivity contribution in [2.75, 3.05) is 24.5 Å². The second-order valence-corrected chi connectivity index (χ2v) is 5.55. The first kappa shape index (κ1) is 13.7. The third kappa shape index (κ3) is 3.24. The lowest BCUT2D eigenvalue weighted by molar-refractivity contribution is 0.0948. The van der Waals surface area contributed by atoms with Crippen LogP contribution in [0.1, 0.15) is 16.8 Å². The van der Waals surface area contributed by atoms with Gasteiger partial charge in [0, 0.05) is 38.6 Å². The Hall–Kier alpha value is -2.30. The topological polar surface area (TPSA) is 50.2 Å². The number of benzene rings is 1. The lowest BCUT2D eigenvalue weighted by Gasteiger charge is -2.18. The Morgan fingerprint density at radius 2 is 2.19 bits per heavy atom. The normalized spacial score (nSPS) is 18.0. The zero-order valence-corrected chi connectivity index (χ0v) is 12.2. The van der Waals surface area contributed by atoms with E-state index in [1.807, 2.05) is 13.1 Å². The molecule has 1 unspecified atom stereocenters. The van der Waals surface area contributed by atoms with Crippen molar-refractivity contribution in [3.8, 4) is 0 Å². The summed E-state index contributed by atoms with van der Waals surface area (Å²) in [6, 6.07) is 10.4. The number of carbonyl (C=O) groups is 1. The summed E-state index contributed by atoms with van der Waals surface area (Å²) in [5.41, 5.74) is 1.88. The van der Waals surface area contributed by atoms with Gasteiger partial charge < -0.3 is 10.2 Å². The number of nitrogens with one attached hydrogen (secondary N) is 1. The SMILES string of the molecule is Cn1cc(C(=O)NCC2CCN(c3ccccc3)C2)cn1. The third-order valence-electron chi connectivity index (χ3n) is 3.93. The second-order valence-electron chi connectivity index (χ2n) is 5.55. The van der Waals surface area contributed by atoms with E-state index in [0.29, 0.717) is 11.5 Å². The van der Waals surface area contributed by atoms with Gasteiger partial charge in [0.05, 0.1) is 11.8 Å². The minimum Gasteiger partial charge on any atom is -0.371 e. The highest BCUT2D eigenvalue weighted by Gasteiger charge is 2.23. The van der Waals surface area contributed by atoms with Crippen molar-refractivity contribution < 1.29 is 4.79 Å². The fourth-order valence-corrected chi connectivity index (χ4v) is 2.75. The summed E-state index contributed by atoms with van der Waals surface area (Å²) in [5.74, 6) is 0.465. The van der Waals surface area contributed by atoms with Crippen molar-refractivity contribution >= 4 is 11.6 Å². The molecule has 1 saturated heterocycles. The molecule has 1 N–H and O–H groups in total. The van der Waals surface area contributed by atoms with Crippen LogP contribution < -0.4 is 10.2 Å². The fraction of sp³-hybridized carbons (Fsp3) is 0.375. The van der Waals surface area contributed by atoms with Crippen LogP contribution in [0.5, 0.6) is 0 Å². The number of anilines is 1. The van der Waals surface area contributed by atoms with E-state index in [2.05, 4.69) is 39.6 Å². The van der Waals surface area contributed by atoms with E-state index in [4.69, 9.17) is 0 Å². The first-order valence-corrected chi connectivity index (χ1v) is 7.29. The zero-order chi connectivity index (χ0) is 14.7. The van der Waals surface area contributed by atoms with Gasteiger partial charge in [-0.3, -0.25) is 9.48 Å². The van der Waals surface area contributed by atoms with Crippen molar-refractivity contribution in [2.24, 2.45) is 13.0 Å². The Morgan fingerprint density at radius 3 is 2.90 bits per heavy atom. The minimum absolute atomic E-state index is 0.0405. The van der Waals surface area contributed by atoms with Gasteiger partial charge in [-0.1, -0.05) is 18.2 Å². The van der Waals surface area contributed by atoms with Gasteiger partial charge in [0.1, 0.15) is 0 Å². The van der Waals surface area contributed by atoms with Gasteiger partial charge in [-0.15, -0.1) is 0 Å². The molecule has 2 heterocycles. The average Bonchev–Trinajstić information content (AvgIpc) is 3.15. The summed E-state index contributed by atoms with van der Waals surface area (Å²) in [6.07, 6.45) is 4.45. The summed E-state index contributed by atoms with van der Waals surface area (Å²) in [6.45, 7) is 2.77. The van der Waals surface area contributed by atoms with Crippen LogP contribution in [0.15, 0.2) is 42.7 Å². The number of hydrogen-bond donors (Lipinski definition) is 1. The molecule has 0 bridgehead atoms. The number of carbonyl (C=O) groups excluding carboxylic acids is 1. The van der Waals surface area contributed by atoms with E-state index in [-0.39, 0.29) is 5.91 Å². The van der Waals surface area contributed by atoms with Crippen molar-refractivity contribution in [3.05, 3.63) is 48.3 Å². The smallest absolute Gasteiger partial charge is 0.254 e. The Labute approximate surface area is 124 Å². The second kappa shape index (κ2) is 5.99. The standard InChI is InChI=1S/C16H20N4O/c1-19-12-14(10-18-19)16(21)17-9-13-7-8-20(11-13)15-5-3-2-4-6-15/h2-6,10,12-13H,7-9,11H2,1H3,(H,17,21). The predicted molar refractivity (Wildman–Crippen MR) is 82.3 cm³/mol. The van der Waals surface area contributed by atoms with Gasteiger partial charge in [0.15, 0.2) is 0 Å². The molecule has 1 aromatic carbocycles. The molecular formula is C16H20N4O. The average molecular weight is 284 g/mol. The van der Waals surface area contributed by atoms with Crippen LogP contribution >= 0.6 is 0 Å². The molecule has 1 amide bonds. The number of nitrogens with zero attached hydrogens (tertiary/aromatic N) is 3. The zero-order valence-electron chi connectivity index (χ0n) is 12.2. The molecule has 0 spiro atoms.